The van der Waals surface area contributed by atoms with Gasteiger partial charge in [0.15, 0.2) is 0 Å². The van der Waals surface area contributed by atoms with E-state index in [1.54, 1.807) is 30.2 Å². The third-order valence-electron chi connectivity index (χ3n) is 6.12. The lowest BCUT2D eigenvalue weighted by atomic mass is 10.0. The molecule has 3 aromatic rings. The van der Waals surface area contributed by atoms with Crippen molar-refractivity contribution in [2.45, 2.75) is 44.5 Å². The Bertz CT molecular complexity index is 1170. The van der Waals surface area contributed by atoms with E-state index in [4.69, 9.17) is 27.9 Å². The van der Waals surface area contributed by atoms with Gasteiger partial charge in [-0.25, -0.2) is 0 Å². The molecule has 0 aliphatic carbocycles. The maximum atomic E-state index is 13.8. The fourth-order valence-electron chi connectivity index (χ4n) is 4.02. The summed E-state index contributed by atoms with van der Waals surface area (Å²) in [7, 11) is 1.61. The largest absolute Gasteiger partial charge is 0.497 e. The Morgan fingerprint density at radius 1 is 0.974 bits per heavy atom. The zero-order chi connectivity index (χ0) is 27.3. The van der Waals surface area contributed by atoms with E-state index in [1.807, 2.05) is 54.6 Å². The Morgan fingerprint density at radius 2 is 1.66 bits per heavy atom. The molecule has 38 heavy (non-hydrogen) atoms. The summed E-state index contributed by atoms with van der Waals surface area (Å²) in [6.45, 7) is 2.93. The minimum atomic E-state index is -0.669. The van der Waals surface area contributed by atoms with Crippen LogP contribution in [0.25, 0.3) is 0 Å². The van der Waals surface area contributed by atoms with Crippen LogP contribution in [-0.4, -0.2) is 42.2 Å². The first kappa shape index (κ1) is 29.9. The molecule has 0 saturated heterocycles. The summed E-state index contributed by atoms with van der Waals surface area (Å²) < 4.78 is 5.39. The molecule has 0 radical (unpaired) electrons. The minimum Gasteiger partial charge on any atom is -0.497 e. The number of nitrogens with one attached hydrogen (secondary N) is 1. The molecule has 1 atom stereocenters. The standard InChI is InChI=1S/C30H34Cl2N2O3S/c1-3-4-16-33-30(36)28(18-22-10-6-5-7-11-22)34(19-23-12-8-13-24(17-23)37-2)29(35)21-38-20-25-26(31)14-9-15-27(25)32/h5-15,17,28H,3-4,16,18-21H2,1-2H3,(H,33,36)/t28-/m1/s1. The Morgan fingerprint density at radius 3 is 2.34 bits per heavy atom. The van der Waals surface area contributed by atoms with Crippen LogP contribution < -0.4 is 10.1 Å². The Balaban J connectivity index is 1.87. The van der Waals surface area contributed by atoms with Crippen LogP contribution in [-0.2, 0) is 28.3 Å². The van der Waals surface area contributed by atoms with Gasteiger partial charge in [-0.2, -0.15) is 0 Å². The van der Waals surface area contributed by atoms with Gasteiger partial charge >= 0.3 is 0 Å². The van der Waals surface area contributed by atoms with Crippen molar-refractivity contribution in [2.75, 3.05) is 19.4 Å². The van der Waals surface area contributed by atoms with Crippen molar-refractivity contribution in [1.29, 1.82) is 0 Å². The molecule has 0 unspecified atom stereocenters. The maximum absolute atomic E-state index is 13.8. The van der Waals surface area contributed by atoms with E-state index in [0.717, 1.165) is 29.5 Å². The van der Waals surface area contributed by atoms with Gasteiger partial charge in [-0.15, -0.1) is 11.8 Å². The van der Waals surface area contributed by atoms with Crippen molar-refractivity contribution in [3.05, 3.63) is 99.5 Å². The summed E-state index contributed by atoms with van der Waals surface area (Å²) in [4.78, 5) is 28.9. The summed E-state index contributed by atoms with van der Waals surface area (Å²) in [5, 5.41) is 4.19. The molecule has 0 aliphatic rings. The number of nitrogens with zero attached hydrogens (tertiary/aromatic N) is 1. The van der Waals surface area contributed by atoms with Crippen molar-refractivity contribution in [1.82, 2.24) is 10.2 Å². The number of benzene rings is 3. The first-order valence-electron chi connectivity index (χ1n) is 12.7. The summed E-state index contributed by atoms with van der Waals surface area (Å²) in [5.41, 5.74) is 2.67. The van der Waals surface area contributed by atoms with Gasteiger partial charge in [0.2, 0.25) is 11.8 Å². The molecule has 1 N–H and O–H groups in total. The fraction of sp³-hybridized carbons (Fsp3) is 0.333. The van der Waals surface area contributed by atoms with Crippen molar-refractivity contribution in [3.8, 4) is 5.75 Å². The lowest BCUT2D eigenvalue weighted by molar-refractivity contribution is -0.139. The number of halogens is 2. The Kier molecular flexibility index (Phi) is 12.3. The third kappa shape index (κ3) is 8.97. The molecular weight excluding hydrogens is 539 g/mol. The summed E-state index contributed by atoms with van der Waals surface area (Å²) in [6.07, 6.45) is 2.26. The van der Waals surface area contributed by atoms with Crippen LogP contribution >= 0.6 is 35.0 Å². The van der Waals surface area contributed by atoms with Crippen LogP contribution in [0.5, 0.6) is 5.75 Å². The topological polar surface area (TPSA) is 58.6 Å². The lowest BCUT2D eigenvalue weighted by Crippen LogP contribution is -2.51. The van der Waals surface area contributed by atoms with Crippen LogP contribution in [0.2, 0.25) is 10.0 Å². The molecule has 0 fully saturated rings. The molecule has 8 heteroatoms. The number of unbranched alkanes of at least 4 members (excludes halogenated alkanes) is 1. The second-order valence-electron chi connectivity index (χ2n) is 8.92. The van der Waals surface area contributed by atoms with E-state index in [0.29, 0.717) is 34.5 Å². The van der Waals surface area contributed by atoms with Gasteiger partial charge < -0.3 is 15.0 Å². The molecule has 2 amide bonds. The van der Waals surface area contributed by atoms with E-state index in [2.05, 4.69) is 12.2 Å². The molecular formula is C30H34Cl2N2O3S. The number of thioether (sulfide) groups is 1. The highest BCUT2D eigenvalue weighted by atomic mass is 35.5. The number of amides is 2. The van der Waals surface area contributed by atoms with Gasteiger partial charge in [-0.3, -0.25) is 9.59 Å². The lowest BCUT2D eigenvalue weighted by Gasteiger charge is -2.31. The molecule has 3 aromatic carbocycles. The predicted octanol–water partition coefficient (Wildman–Crippen LogP) is 6.79. The molecule has 0 spiro atoms. The molecule has 3 rings (SSSR count). The van der Waals surface area contributed by atoms with Crippen LogP contribution in [0.15, 0.2) is 72.8 Å². The highest BCUT2D eigenvalue weighted by Crippen LogP contribution is 2.29. The molecule has 0 bridgehead atoms. The zero-order valence-corrected chi connectivity index (χ0v) is 24.1. The highest BCUT2D eigenvalue weighted by molar-refractivity contribution is 7.99. The second-order valence-corrected chi connectivity index (χ2v) is 10.7. The summed E-state index contributed by atoms with van der Waals surface area (Å²) in [6, 6.07) is 22.1. The Hall–Kier alpha value is -2.67. The number of ether oxygens (including phenoxy) is 1. The number of carbonyl (C=O) groups is 2. The fourth-order valence-corrected chi connectivity index (χ4v) is 5.67. The quantitative estimate of drug-likeness (QED) is 0.216. The van der Waals surface area contributed by atoms with E-state index in [-0.39, 0.29) is 24.1 Å². The zero-order valence-electron chi connectivity index (χ0n) is 21.8. The first-order chi connectivity index (χ1) is 18.4. The average Bonchev–Trinajstić information content (AvgIpc) is 2.93. The van der Waals surface area contributed by atoms with E-state index in [1.165, 1.54) is 11.8 Å². The third-order valence-corrected chi connectivity index (χ3v) is 7.77. The first-order valence-corrected chi connectivity index (χ1v) is 14.6. The van der Waals surface area contributed by atoms with Crippen molar-refractivity contribution in [3.63, 3.8) is 0 Å². The monoisotopic (exact) mass is 572 g/mol. The highest BCUT2D eigenvalue weighted by Gasteiger charge is 2.30. The molecule has 0 saturated carbocycles. The van der Waals surface area contributed by atoms with Crippen LogP contribution in [0.4, 0.5) is 0 Å². The normalized spacial score (nSPS) is 11.6. The molecule has 5 nitrogen and oxygen atoms in total. The average molecular weight is 574 g/mol. The van der Waals surface area contributed by atoms with Gasteiger partial charge in [-0.05, 0) is 47.4 Å². The van der Waals surface area contributed by atoms with Gasteiger partial charge in [0.25, 0.3) is 0 Å². The van der Waals surface area contributed by atoms with Gasteiger partial charge in [0.05, 0.1) is 12.9 Å². The van der Waals surface area contributed by atoms with Crippen LogP contribution in [0.1, 0.15) is 36.5 Å². The van der Waals surface area contributed by atoms with Crippen LogP contribution in [0, 0.1) is 0 Å². The van der Waals surface area contributed by atoms with Gasteiger partial charge in [0.1, 0.15) is 11.8 Å². The molecule has 0 aliphatic heterocycles. The van der Waals surface area contributed by atoms with E-state index >= 15 is 0 Å². The minimum absolute atomic E-state index is 0.132. The number of rotatable bonds is 14. The Labute approximate surface area is 239 Å². The van der Waals surface area contributed by atoms with Crippen molar-refractivity contribution < 1.29 is 14.3 Å². The molecule has 0 heterocycles. The van der Waals surface area contributed by atoms with Gasteiger partial charge in [0, 0.05) is 35.3 Å². The summed E-state index contributed by atoms with van der Waals surface area (Å²) in [5.74, 6) is 1.08. The predicted molar refractivity (Wildman–Crippen MR) is 158 cm³/mol. The van der Waals surface area contributed by atoms with Crippen LogP contribution in [0.3, 0.4) is 0 Å². The second kappa shape index (κ2) is 15.7. The number of methoxy groups -OCH3 is 1. The summed E-state index contributed by atoms with van der Waals surface area (Å²) >= 11 is 14.1. The van der Waals surface area contributed by atoms with E-state index < -0.39 is 6.04 Å². The van der Waals surface area contributed by atoms with Gasteiger partial charge in [-0.1, -0.05) is 85.1 Å². The SMILES string of the molecule is CCCCNC(=O)[C@@H](Cc1ccccc1)N(Cc1cccc(OC)c1)C(=O)CSCc1c(Cl)cccc1Cl. The smallest absolute Gasteiger partial charge is 0.243 e. The van der Waals surface area contributed by atoms with Crippen molar-refractivity contribution >= 4 is 46.8 Å². The maximum Gasteiger partial charge on any atom is 0.243 e. The molecule has 0 aromatic heterocycles. The number of hydrogen-bond acceptors (Lipinski definition) is 4. The molecule has 202 valence electrons. The number of carbonyl (C=O) groups excluding carboxylic acids is 2. The van der Waals surface area contributed by atoms with E-state index in [9.17, 15) is 9.59 Å². The number of hydrogen-bond donors (Lipinski definition) is 1. The van der Waals surface area contributed by atoms with Crippen molar-refractivity contribution in [2.24, 2.45) is 0 Å².